The zero-order valence-corrected chi connectivity index (χ0v) is 21.8. The van der Waals surface area contributed by atoms with E-state index in [2.05, 4.69) is 40.0 Å². The van der Waals surface area contributed by atoms with Gasteiger partial charge >= 0.3 is 0 Å². The van der Waals surface area contributed by atoms with E-state index < -0.39 is 50.6 Å². The maximum atomic E-state index is 11.0. The van der Waals surface area contributed by atoms with Crippen LogP contribution in [-0.4, -0.2) is 64.9 Å². The molecule has 7 nitrogen and oxygen atoms in total. The van der Waals surface area contributed by atoms with Gasteiger partial charge in [-0.1, -0.05) is 19.9 Å². The highest BCUT2D eigenvalue weighted by atomic mass is 32.2. The average molecular weight is 464 g/mol. The molecule has 0 aromatic rings. The van der Waals surface area contributed by atoms with Gasteiger partial charge in [0.1, 0.15) is 10.1 Å². The van der Waals surface area contributed by atoms with Crippen molar-refractivity contribution in [3.8, 4) is 0 Å². The van der Waals surface area contributed by atoms with Crippen LogP contribution in [0.4, 0.5) is 0 Å². The Hall–Kier alpha value is -0.120. The van der Waals surface area contributed by atoms with Gasteiger partial charge < -0.3 is 24.4 Å². The average Bonchev–Trinajstić information content (AvgIpc) is 2.47. The van der Waals surface area contributed by atoms with Gasteiger partial charge in [-0.15, -0.1) is 0 Å². The van der Waals surface area contributed by atoms with Crippen molar-refractivity contribution in [3.05, 3.63) is 11.0 Å². The number of rotatable bonds is 3. The highest BCUT2D eigenvalue weighted by Gasteiger charge is 2.42. The predicted octanol–water partition coefficient (Wildman–Crippen LogP) is -0.308. The van der Waals surface area contributed by atoms with Crippen LogP contribution in [0.1, 0.15) is 26.7 Å². The molecule has 0 bridgehead atoms. The summed E-state index contributed by atoms with van der Waals surface area (Å²) in [5.74, 6) is -3.25. The maximum Gasteiger partial charge on any atom is 0.120 e. The Kier molecular flexibility index (Phi) is 17.3. The minimum absolute atomic E-state index is 0.399. The highest BCUT2D eigenvalue weighted by Crippen LogP contribution is 2.45. The molecule has 0 heterocycles. The molecular formula is C16H35O7P3S. The Bertz CT molecular complexity index is 588. The van der Waals surface area contributed by atoms with Crippen molar-refractivity contribution in [2.45, 2.75) is 26.7 Å². The van der Waals surface area contributed by atoms with Crippen LogP contribution in [0.15, 0.2) is 11.0 Å². The Balaban J connectivity index is -0.000000540. The third kappa shape index (κ3) is 12.9. The van der Waals surface area contributed by atoms with Crippen molar-refractivity contribution in [3.63, 3.8) is 0 Å². The number of aliphatic carboxylic acids is 2. The van der Waals surface area contributed by atoms with Gasteiger partial charge in [0.25, 0.3) is 0 Å². The van der Waals surface area contributed by atoms with E-state index in [4.69, 9.17) is 0 Å². The zero-order valence-electron chi connectivity index (χ0n) is 17.5. The fourth-order valence-corrected chi connectivity index (χ4v) is 3.05. The molecule has 0 saturated carbocycles. The molecule has 0 N–H and O–H groups in total. The predicted molar refractivity (Wildman–Crippen MR) is 118 cm³/mol. The normalized spacial score (nSPS) is 23.8. The van der Waals surface area contributed by atoms with Crippen LogP contribution >= 0.6 is 25.7 Å². The molecule has 0 aromatic heterocycles. The molecule has 0 fully saturated rings. The summed E-state index contributed by atoms with van der Waals surface area (Å²) in [5, 5.41) is 22.0. The molecule has 0 amide bonds. The summed E-state index contributed by atoms with van der Waals surface area (Å²) in [6.45, 7) is 15.5. The first-order valence-corrected chi connectivity index (χ1v) is 16.8. The molecular weight excluding hydrogens is 429 g/mol. The summed E-state index contributed by atoms with van der Waals surface area (Å²) in [5.41, 5.74) is -3.57. The van der Waals surface area contributed by atoms with E-state index in [1.54, 1.807) is 0 Å². The van der Waals surface area contributed by atoms with Gasteiger partial charge in [-0.3, -0.25) is 0 Å². The molecule has 11 heteroatoms. The number of hydrogen-bond acceptors (Lipinski definition) is 7. The molecule has 0 saturated heterocycles. The van der Waals surface area contributed by atoms with E-state index in [1.165, 1.54) is 0 Å². The fourth-order valence-electron chi connectivity index (χ4n) is 2.15. The third-order valence-electron chi connectivity index (χ3n) is 3.08. The van der Waals surface area contributed by atoms with E-state index in [-0.39, 0.29) is 0 Å². The van der Waals surface area contributed by atoms with Crippen LogP contribution in [0.3, 0.4) is 0 Å². The Labute approximate surface area is 169 Å². The second-order valence-corrected chi connectivity index (χ2v) is 11.6. The lowest BCUT2D eigenvalue weighted by Crippen LogP contribution is -2.50. The molecule has 2 unspecified atom stereocenters. The van der Waals surface area contributed by atoms with Crippen molar-refractivity contribution in [1.82, 2.24) is 0 Å². The SMILES string of the molecule is CC1(C(=O)[O-])C=C(S(=O)(=O)[O-])CC(C)(C(=O)[O-])C1.C[PH2+]C.C[PH2+]C.C[PH2+]C. The number of carbonyl (C=O) groups is 2. The van der Waals surface area contributed by atoms with Crippen molar-refractivity contribution in [1.29, 1.82) is 0 Å². The maximum absolute atomic E-state index is 11.0. The third-order valence-corrected chi connectivity index (χ3v) is 3.99. The largest absolute Gasteiger partial charge is 0.744 e. The van der Waals surface area contributed by atoms with Crippen molar-refractivity contribution < 1.29 is 32.8 Å². The number of carboxylic acids is 2. The quantitative estimate of drug-likeness (QED) is 0.413. The summed E-state index contributed by atoms with van der Waals surface area (Å²) in [4.78, 5) is 21.2. The Morgan fingerprint density at radius 1 is 0.926 bits per heavy atom. The van der Waals surface area contributed by atoms with Crippen molar-refractivity contribution in [2.75, 3.05) is 40.0 Å². The highest BCUT2D eigenvalue weighted by molar-refractivity contribution is 7.89. The number of allylic oxidation sites excluding steroid dienone is 1. The minimum Gasteiger partial charge on any atom is -0.744 e. The number of carboxylic acid groups (broad SMARTS) is 2. The van der Waals surface area contributed by atoms with Crippen LogP contribution in [-0.2, 0) is 19.7 Å². The minimum atomic E-state index is -4.91. The second-order valence-electron chi connectivity index (χ2n) is 6.70. The lowest BCUT2D eigenvalue weighted by molar-refractivity contribution is -0.325. The number of hydrogen-bond donors (Lipinski definition) is 0. The van der Waals surface area contributed by atoms with Gasteiger partial charge in [0, 0.05) is 61.7 Å². The second kappa shape index (κ2) is 14.8. The van der Waals surface area contributed by atoms with Crippen LogP contribution in [0.25, 0.3) is 0 Å². The van der Waals surface area contributed by atoms with Gasteiger partial charge in [-0.2, -0.15) is 0 Å². The zero-order chi connectivity index (χ0) is 22.5. The van der Waals surface area contributed by atoms with E-state index >= 15 is 0 Å². The van der Waals surface area contributed by atoms with Crippen LogP contribution < -0.4 is 10.2 Å². The first-order chi connectivity index (χ1) is 12.1. The van der Waals surface area contributed by atoms with Crippen LogP contribution in [0, 0.1) is 10.8 Å². The van der Waals surface area contributed by atoms with Gasteiger partial charge in [0.15, 0.2) is 0 Å². The molecule has 0 aromatic carbocycles. The summed E-state index contributed by atoms with van der Waals surface area (Å²) >= 11 is 0. The van der Waals surface area contributed by atoms with Gasteiger partial charge in [-0.05, 0) is 38.6 Å². The molecule has 2 atom stereocenters. The van der Waals surface area contributed by atoms with Crippen LogP contribution in [0.5, 0.6) is 0 Å². The Morgan fingerprint density at radius 2 is 1.26 bits per heavy atom. The molecule has 0 radical (unpaired) electrons. The first kappa shape index (κ1) is 31.6. The molecule has 162 valence electrons. The molecule has 0 aliphatic heterocycles. The van der Waals surface area contributed by atoms with Crippen molar-refractivity contribution in [2.24, 2.45) is 10.8 Å². The molecule has 1 aliphatic rings. The van der Waals surface area contributed by atoms with Gasteiger partial charge in [-0.25, -0.2) is 8.42 Å². The van der Waals surface area contributed by atoms with E-state index in [0.29, 0.717) is 0 Å². The van der Waals surface area contributed by atoms with E-state index in [1.807, 2.05) is 0 Å². The molecule has 0 spiro atoms. The lowest BCUT2D eigenvalue weighted by Gasteiger charge is -2.44. The summed E-state index contributed by atoms with van der Waals surface area (Å²) < 4.78 is 32.9. The van der Waals surface area contributed by atoms with Crippen molar-refractivity contribution >= 4 is 47.8 Å². The van der Waals surface area contributed by atoms with Gasteiger partial charge in [0.05, 0.1) is 5.97 Å². The Morgan fingerprint density at radius 3 is 1.48 bits per heavy atom. The van der Waals surface area contributed by atoms with E-state index in [9.17, 15) is 32.8 Å². The van der Waals surface area contributed by atoms with Crippen LogP contribution in [0.2, 0.25) is 0 Å². The molecule has 1 aliphatic carbocycles. The molecule has 1 rings (SSSR count). The van der Waals surface area contributed by atoms with E-state index in [0.717, 1.165) is 45.7 Å². The summed E-state index contributed by atoms with van der Waals surface area (Å²) in [6, 6.07) is 0. The smallest absolute Gasteiger partial charge is 0.120 e. The summed E-state index contributed by atoms with van der Waals surface area (Å²) in [7, 11) is -2.66. The molecule has 27 heavy (non-hydrogen) atoms. The lowest BCUT2D eigenvalue weighted by atomic mass is 9.67. The number of carbonyl (C=O) groups excluding carboxylic acids is 2. The fraction of sp³-hybridized carbons (Fsp3) is 0.750. The summed E-state index contributed by atoms with van der Waals surface area (Å²) in [6.07, 6.45) is -0.219. The topological polar surface area (TPSA) is 137 Å². The standard InChI is InChI=1S/C10H14O7S.3C2H7P/c1-9(7(11)12)3-6(18(15,16)17)4-10(2,5-9)8(13)14;3*1-3-2/h3H,4-5H2,1-2H3,(H,11,12)(H,13,14)(H,15,16,17);3*3H,1-2H3. The monoisotopic (exact) mass is 464 g/mol. The first-order valence-electron chi connectivity index (χ1n) is 8.48. The van der Waals surface area contributed by atoms with Gasteiger partial charge in [0.2, 0.25) is 0 Å².